The van der Waals surface area contributed by atoms with Crippen LogP contribution in [-0.2, 0) is 24.9 Å². The maximum absolute atomic E-state index is 5.80. The third kappa shape index (κ3) is 3.14. The summed E-state index contributed by atoms with van der Waals surface area (Å²) < 4.78 is 13.2. The number of ether oxygens (including phenoxy) is 1. The second kappa shape index (κ2) is 6.70. The van der Waals surface area contributed by atoms with Crippen LogP contribution in [0.5, 0.6) is 0 Å². The van der Waals surface area contributed by atoms with Gasteiger partial charge in [-0.25, -0.2) is 0 Å². The first-order valence-corrected chi connectivity index (χ1v) is 8.72. The summed E-state index contributed by atoms with van der Waals surface area (Å²) in [5.41, 5.74) is 1.29. The maximum atomic E-state index is 5.80. The first-order valence-electron chi connectivity index (χ1n) is 8.72. The Morgan fingerprint density at radius 3 is 2.96 bits per heavy atom. The number of fused-ring (bicyclic) bond motifs is 1. The summed E-state index contributed by atoms with van der Waals surface area (Å²) in [5, 5.41) is 4.31. The van der Waals surface area contributed by atoms with Gasteiger partial charge in [-0.15, -0.1) is 0 Å². The lowest BCUT2D eigenvalue weighted by molar-refractivity contribution is -0.0245. The van der Waals surface area contributed by atoms with E-state index in [9.17, 15) is 0 Å². The number of aryl methyl sites for hydroxylation is 1. The molecule has 0 N–H and O–H groups in total. The van der Waals surface area contributed by atoms with Crippen LogP contribution < -0.4 is 0 Å². The predicted molar refractivity (Wildman–Crippen MR) is 90.3 cm³/mol. The molecule has 2 aliphatic heterocycles. The third-order valence-electron chi connectivity index (χ3n) is 5.46. The summed E-state index contributed by atoms with van der Waals surface area (Å²) in [7, 11) is 3.83. The summed E-state index contributed by atoms with van der Waals surface area (Å²) in [6.07, 6.45) is 7.32. The van der Waals surface area contributed by atoms with Gasteiger partial charge in [0.25, 0.3) is 0 Å². The Balaban J connectivity index is 1.47. The molecule has 4 heterocycles. The van der Waals surface area contributed by atoms with Gasteiger partial charge < -0.3 is 9.15 Å². The van der Waals surface area contributed by atoms with Gasteiger partial charge in [-0.2, -0.15) is 5.10 Å². The largest absolute Gasteiger partial charge is 0.468 e. The van der Waals surface area contributed by atoms with Crippen molar-refractivity contribution in [1.29, 1.82) is 0 Å². The van der Waals surface area contributed by atoms with Gasteiger partial charge >= 0.3 is 0 Å². The van der Waals surface area contributed by atoms with Crippen LogP contribution in [0.25, 0.3) is 0 Å². The summed E-state index contributed by atoms with van der Waals surface area (Å²) in [4.78, 5) is 5.11. The number of methoxy groups -OCH3 is 1. The third-order valence-corrected chi connectivity index (χ3v) is 5.46. The Kier molecular flexibility index (Phi) is 4.43. The van der Waals surface area contributed by atoms with Crippen LogP contribution >= 0.6 is 0 Å². The summed E-state index contributed by atoms with van der Waals surface area (Å²) in [6, 6.07) is 4.56. The minimum absolute atomic E-state index is 0.363. The quantitative estimate of drug-likeness (QED) is 0.836. The normalized spacial score (nSPS) is 28.3. The van der Waals surface area contributed by atoms with Crippen molar-refractivity contribution in [1.82, 2.24) is 19.6 Å². The molecule has 6 heteroatoms. The average Bonchev–Trinajstić information content (AvgIpc) is 3.30. The number of likely N-dealkylation sites (tertiary alicyclic amines) is 2. The van der Waals surface area contributed by atoms with Crippen molar-refractivity contribution in [3.8, 4) is 0 Å². The monoisotopic (exact) mass is 330 g/mol. The zero-order valence-corrected chi connectivity index (χ0v) is 14.5. The number of hydrogen-bond acceptors (Lipinski definition) is 5. The highest BCUT2D eigenvalue weighted by atomic mass is 16.5. The molecule has 2 aromatic rings. The minimum atomic E-state index is 0.363. The summed E-state index contributed by atoms with van der Waals surface area (Å²) in [6.45, 7) is 5.10. The molecule has 2 aromatic heterocycles. The lowest BCUT2D eigenvalue weighted by Crippen LogP contribution is -2.50. The van der Waals surface area contributed by atoms with Gasteiger partial charge in [-0.05, 0) is 18.6 Å². The Morgan fingerprint density at radius 1 is 1.33 bits per heavy atom. The maximum Gasteiger partial charge on any atom is 0.117 e. The fraction of sp³-hybridized carbons (Fsp3) is 0.611. The molecule has 0 aromatic carbocycles. The van der Waals surface area contributed by atoms with Gasteiger partial charge in [0.05, 0.1) is 25.1 Å². The van der Waals surface area contributed by atoms with E-state index in [0.29, 0.717) is 18.1 Å². The van der Waals surface area contributed by atoms with E-state index in [1.54, 1.807) is 6.26 Å². The lowest BCUT2D eigenvalue weighted by Gasteiger charge is -2.41. The lowest BCUT2D eigenvalue weighted by atomic mass is 9.89. The molecule has 4 rings (SSSR count). The van der Waals surface area contributed by atoms with Gasteiger partial charge in [0.2, 0.25) is 0 Å². The molecule has 3 atom stereocenters. The first-order chi connectivity index (χ1) is 11.7. The van der Waals surface area contributed by atoms with Crippen LogP contribution in [0.1, 0.15) is 17.7 Å². The van der Waals surface area contributed by atoms with E-state index in [4.69, 9.17) is 9.15 Å². The van der Waals surface area contributed by atoms with Crippen LogP contribution in [0.2, 0.25) is 0 Å². The smallest absolute Gasteiger partial charge is 0.117 e. The second-order valence-electron chi connectivity index (χ2n) is 7.06. The molecule has 0 aliphatic carbocycles. The SMILES string of the molecule is CO[C@@H]1CCN(Cc2cnn(C)c2)[C@@H]2CN(Cc3ccco3)C[C@@H]21. The molecule has 6 nitrogen and oxygen atoms in total. The molecule has 0 radical (unpaired) electrons. The van der Waals surface area contributed by atoms with E-state index in [1.807, 2.05) is 31.1 Å². The van der Waals surface area contributed by atoms with Crippen LogP contribution in [0.15, 0.2) is 35.2 Å². The Hall–Kier alpha value is -1.63. The molecule has 24 heavy (non-hydrogen) atoms. The molecule has 0 spiro atoms. The summed E-state index contributed by atoms with van der Waals surface area (Å²) >= 11 is 0. The van der Waals surface area contributed by atoms with Crippen LogP contribution in [-0.4, -0.2) is 58.5 Å². The fourth-order valence-electron chi connectivity index (χ4n) is 4.35. The molecular weight excluding hydrogens is 304 g/mol. The van der Waals surface area contributed by atoms with E-state index >= 15 is 0 Å². The Morgan fingerprint density at radius 2 is 2.25 bits per heavy atom. The number of rotatable bonds is 5. The zero-order chi connectivity index (χ0) is 16.5. The Labute approximate surface area is 143 Å². The fourth-order valence-corrected chi connectivity index (χ4v) is 4.35. The van der Waals surface area contributed by atoms with E-state index in [2.05, 4.69) is 27.2 Å². The molecule has 130 valence electrons. The number of hydrogen-bond donors (Lipinski definition) is 0. The highest BCUT2D eigenvalue weighted by Gasteiger charge is 2.44. The van der Waals surface area contributed by atoms with Crippen molar-refractivity contribution in [3.63, 3.8) is 0 Å². The van der Waals surface area contributed by atoms with Gasteiger partial charge in [-0.1, -0.05) is 0 Å². The van der Waals surface area contributed by atoms with E-state index in [0.717, 1.165) is 44.9 Å². The second-order valence-corrected chi connectivity index (χ2v) is 7.06. The number of piperidine rings is 1. The van der Waals surface area contributed by atoms with Gasteiger partial charge in [0, 0.05) is 64.1 Å². The van der Waals surface area contributed by atoms with Gasteiger partial charge in [0.15, 0.2) is 0 Å². The number of aromatic nitrogens is 2. The van der Waals surface area contributed by atoms with Crippen molar-refractivity contribution in [2.24, 2.45) is 13.0 Å². The van der Waals surface area contributed by atoms with Crippen LogP contribution in [0, 0.1) is 5.92 Å². The molecular formula is C18H26N4O2. The summed E-state index contributed by atoms with van der Waals surface area (Å²) in [5.74, 6) is 1.61. The molecule has 0 saturated carbocycles. The van der Waals surface area contributed by atoms with E-state index in [-0.39, 0.29) is 0 Å². The van der Waals surface area contributed by atoms with E-state index < -0.39 is 0 Å². The molecule has 0 bridgehead atoms. The number of furan rings is 1. The van der Waals surface area contributed by atoms with Crippen molar-refractivity contribution in [2.75, 3.05) is 26.7 Å². The van der Waals surface area contributed by atoms with Crippen LogP contribution in [0.3, 0.4) is 0 Å². The molecule has 2 aliphatic rings. The van der Waals surface area contributed by atoms with Crippen molar-refractivity contribution in [3.05, 3.63) is 42.1 Å². The highest BCUT2D eigenvalue weighted by Crippen LogP contribution is 2.34. The van der Waals surface area contributed by atoms with Crippen molar-refractivity contribution >= 4 is 0 Å². The van der Waals surface area contributed by atoms with Crippen molar-refractivity contribution in [2.45, 2.75) is 31.7 Å². The predicted octanol–water partition coefficient (Wildman–Crippen LogP) is 1.73. The average molecular weight is 330 g/mol. The molecule has 0 unspecified atom stereocenters. The molecule has 0 amide bonds. The van der Waals surface area contributed by atoms with E-state index in [1.165, 1.54) is 5.56 Å². The molecule has 2 saturated heterocycles. The van der Waals surface area contributed by atoms with Crippen molar-refractivity contribution < 1.29 is 9.15 Å². The highest BCUT2D eigenvalue weighted by molar-refractivity contribution is 5.07. The first kappa shape index (κ1) is 15.9. The minimum Gasteiger partial charge on any atom is -0.468 e. The zero-order valence-electron chi connectivity index (χ0n) is 14.5. The van der Waals surface area contributed by atoms with Gasteiger partial charge in [0.1, 0.15) is 5.76 Å². The Bertz CT molecular complexity index is 654. The standard InChI is InChI=1S/C18H26N4O2/c1-20-9-14(8-19-20)10-22-6-5-18(23-2)16-12-21(13-17(16)22)11-15-4-3-7-24-15/h3-4,7-9,16-18H,5-6,10-13H2,1-2H3/t16-,17+,18+/m0/s1. The van der Waals surface area contributed by atoms with Gasteiger partial charge in [-0.3, -0.25) is 14.5 Å². The topological polar surface area (TPSA) is 46.7 Å². The number of nitrogens with zero attached hydrogens (tertiary/aromatic N) is 4. The van der Waals surface area contributed by atoms with Crippen LogP contribution in [0.4, 0.5) is 0 Å². The molecule has 2 fully saturated rings.